The summed E-state index contributed by atoms with van der Waals surface area (Å²) in [5.41, 5.74) is 3.14. The number of aromatic nitrogens is 2. The first kappa shape index (κ1) is 22.9. The maximum absolute atomic E-state index is 12.7. The molecule has 1 aliphatic heterocycles. The fourth-order valence-electron chi connectivity index (χ4n) is 3.73. The molecule has 33 heavy (non-hydrogen) atoms. The molecule has 3 aromatic rings. The first-order valence-corrected chi connectivity index (χ1v) is 11.6. The number of carbonyl (C=O) groups is 1. The molecule has 0 fully saturated rings. The highest BCUT2D eigenvalue weighted by atomic mass is 32.2. The number of thioether (sulfide) groups is 1. The zero-order chi connectivity index (χ0) is 23.2. The Morgan fingerprint density at radius 2 is 2.00 bits per heavy atom. The van der Waals surface area contributed by atoms with Crippen molar-refractivity contribution in [1.29, 1.82) is 0 Å². The number of methoxy groups -OCH3 is 2. The SMILES string of the molecule is COc1ccc(NC(=O)CSc2nc3c(c(=O)[nH]2)CN(Cc2ccccc2)CC3)c(OC)c1. The lowest BCUT2D eigenvalue weighted by Gasteiger charge is -2.27. The molecule has 9 heteroatoms. The third-order valence-corrected chi connectivity index (χ3v) is 6.27. The zero-order valence-electron chi connectivity index (χ0n) is 18.6. The molecule has 2 N–H and O–H groups in total. The van der Waals surface area contributed by atoms with Gasteiger partial charge in [0.15, 0.2) is 5.16 Å². The molecule has 0 atom stereocenters. The largest absolute Gasteiger partial charge is 0.497 e. The zero-order valence-corrected chi connectivity index (χ0v) is 19.4. The molecule has 8 nitrogen and oxygen atoms in total. The molecule has 0 aliphatic carbocycles. The molecule has 2 aromatic carbocycles. The molecule has 1 aromatic heterocycles. The lowest BCUT2D eigenvalue weighted by atomic mass is 10.1. The van der Waals surface area contributed by atoms with Gasteiger partial charge in [0.25, 0.3) is 5.56 Å². The van der Waals surface area contributed by atoms with Crippen molar-refractivity contribution in [2.75, 3.05) is 31.8 Å². The molecule has 0 saturated carbocycles. The van der Waals surface area contributed by atoms with Crippen LogP contribution in [0.25, 0.3) is 0 Å². The van der Waals surface area contributed by atoms with Gasteiger partial charge in [0, 0.05) is 32.1 Å². The summed E-state index contributed by atoms with van der Waals surface area (Å²) in [4.78, 5) is 34.8. The Bertz CT molecular complexity index is 1180. The molecule has 0 spiro atoms. The van der Waals surface area contributed by atoms with Crippen LogP contribution in [0.1, 0.15) is 16.8 Å². The number of anilines is 1. The number of carbonyl (C=O) groups excluding carboxylic acids is 1. The van der Waals surface area contributed by atoms with Gasteiger partial charge in [0.1, 0.15) is 11.5 Å². The number of fused-ring (bicyclic) bond motifs is 1. The number of H-pyrrole nitrogens is 1. The summed E-state index contributed by atoms with van der Waals surface area (Å²) < 4.78 is 10.5. The summed E-state index contributed by atoms with van der Waals surface area (Å²) in [7, 11) is 3.10. The predicted molar refractivity (Wildman–Crippen MR) is 128 cm³/mol. The van der Waals surface area contributed by atoms with Gasteiger partial charge < -0.3 is 19.8 Å². The number of hydrogen-bond donors (Lipinski definition) is 2. The molecule has 4 rings (SSSR count). The molecule has 0 unspecified atom stereocenters. The van der Waals surface area contributed by atoms with Crippen molar-refractivity contribution in [1.82, 2.24) is 14.9 Å². The van der Waals surface area contributed by atoms with E-state index in [1.807, 2.05) is 18.2 Å². The van der Waals surface area contributed by atoms with Gasteiger partial charge in [-0.2, -0.15) is 0 Å². The van der Waals surface area contributed by atoms with Crippen LogP contribution in [0, 0.1) is 0 Å². The lowest BCUT2D eigenvalue weighted by molar-refractivity contribution is -0.113. The molecular weight excluding hydrogens is 440 g/mol. The quantitative estimate of drug-likeness (QED) is 0.389. The van der Waals surface area contributed by atoms with Gasteiger partial charge in [0.2, 0.25) is 5.91 Å². The van der Waals surface area contributed by atoms with Crippen LogP contribution in [0.15, 0.2) is 58.5 Å². The molecule has 1 amide bonds. The maximum Gasteiger partial charge on any atom is 0.256 e. The van der Waals surface area contributed by atoms with Crippen LogP contribution in [0.2, 0.25) is 0 Å². The van der Waals surface area contributed by atoms with Crippen molar-refractivity contribution in [2.45, 2.75) is 24.7 Å². The van der Waals surface area contributed by atoms with Crippen LogP contribution in [0.3, 0.4) is 0 Å². The van der Waals surface area contributed by atoms with Crippen molar-refractivity contribution in [3.63, 3.8) is 0 Å². The van der Waals surface area contributed by atoms with Crippen molar-refractivity contribution in [3.05, 3.63) is 75.7 Å². The second-order valence-electron chi connectivity index (χ2n) is 7.65. The molecule has 0 saturated heterocycles. The lowest BCUT2D eigenvalue weighted by Crippen LogP contribution is -2.35. The minimum Gasteiger partial charge on any atom is -0.497 e. The van der Waals surface area contributed by atoms with Gasteiger partial charge in [0.05, 0.1) is 36.9 Å². The molecule has 0 radical (unpaired) electrons. The van der Waals surface area contributed by atoms with Crippen molar-refractivity contribution >= 4 is 23.4 Å². The van der Waals surface area contributed by atoms with Crippen molar-refractivity contribution in [3.8, 4) is 11.5 Å². The Labute approximate surface area is 196 Å². The van der Waals surface area contributed by atoms with Crippen LogP contribution in [0.5, 0.6) is 11.5 Å². The van der Waals surface area contributed by atoms with Crippen molar-refractivity contribution < 1.29 is 14.3 Å². The number of amides is 1. The number of benzene rings is 2. The van der Waals surface area contributed by atoms with E-state index in [1.165, 1.54) is 24.4 Å². The highest BCUT2D eigenvalue weighted by Gasteiger charge is 2.21. The van der Waals surface area contributed by atoms with Gasteiger partial charge >= 0.3 is 0 Å². The van der Waals surface area contributed by atoms with Crippen LogP contribution in [-0.2, 0) is 24.3 Å². The number of aromatic amines is 1. The van der Waals surface area contributed by atoms with Crippen LogP contribution >= 0.6 is 11.8 Å². The molecule has 2 heterocycles. The smallest absolute Gasteiger partial charge is 0.256 e. The fraction of sp³-hybridized carbons (Fsp3) is 0.292. The summed E-state index contributed by atoms with van der Waals surface area (Å²) >= 11 is 1.20. The van der Waals surface area contributed by atoms with Gasteiger partial charge in [-0.1, -0.05) is 42.1 Å². The normalized spacial score (nSPS) is 13.3. The third kappa shape index (κ3) is 5.74. The summed E-state index contributed by atoms with van der Waals surface area (Å²) in [6.45, 7) is 2.20. The van der Waals surface area contributed by atoms with E-state index in [1.54, 1.807) is 25.3 Å². The Morgan fingerprint density at radius 1 is 1.18 bits per heavy atom. The number of ether oxygens (including phenoxy) is 2. The van der Waals surface area contributed by atoms with Crippen LogP contribution < -0.4 is 20.3 Å². The van der Waals surface area contributed by atoms with E-state index in [0.717, 1.165) is 18.8 Å². The molecular formula is C24H26N4O4S. The standard InChI is InChI=1S/C24H26N4O4S/c1-31-17-8-9-20(21(12-17)32-2)25-22(29)15-33-24-26-19-10-11-28(14-18(19)23(30)27-24)13-16-6-4-3-5-7-16/h3-9,12H,10-11,13-15H2,1-2H3,(H,25,29)(H,26,27,30). The predicted octanol–water partition coefficient (Wildman–Crippen LogP) is 3.08. The van der Waals surface area contributed by atoms with Crippen molar-refractivity contribution in [2.24, 2.45) is 0 Å². The minimum absolute atomic E-state index is 0.108. The second-order valence-corrected chi connectivity index (χ2v) is 8.61. The highest BCUT2D eigenvalue weighted by molar-refractivity contribution is 7.99. The third-order valence-electron chi connectivity index (χ3n) is 5.40. The summed E-state index contributed by atoms with van der Waals surface area (Å²) in [6, 6.07) is 15.4. The van der Waals surface area contributed by atoms with E-state index in [0.29, 0.717) is 40.9 Å². The minimum atomic E-state index is -0.224. The Hall–Kier alpha value is -3.30. The fourth-order valence-corrected chi connectivity index (χ4v) is 4.40. The maximum atomic E-state index is 12.7. The van der Waals surface area contributed by atoms with E-state index in [4.69, 9.17) is 9.47 Å². The van der Waals surface area contributed by atoms with Crippen LogP contribution in [0.4, 0.5) is 5.69 Å². The van der Waals surface area contributed by atoms with E-state index in [9.17, 15) is 9.59 Å². The van der Waals surface area contributed by atoms with E-state index >= 15 is 0 Å². The Balaban J connectivity index is 1.37. The summed E-state index contributed by atoms with van der Waals surface area (Å²) in [6.07, 6.45) is 0.703. The average molecular weight is 467 g/mol. The van der Waals surface area contributed by atoms with Gasteiger partial charge in [-0.3, -0.25) is 14.5 Å². The summed E-state index contributed by atoms with van der Waals surface area (Å²) in [5.74, 6) is 1.03. The Kier molecular flexibility index (Phi) is 7.31. The number of nitrogens with zero attached hydrogens (tertiary/aromatic N) is 2. The first-order chi connectivity index (χ1) is 16.1. The monoisotopic (exact) mass is 466 g/mol. The van der Waals surface area contributed by atoms with E-state index in [-0.39, 0.29) is 17.2 Å². The van der Waals surface area contributed by atoms with Gasteiger partial charge in [-0.15, -0.1) is 0 Å². The molecule has 1 aliphatic rings. The van der Waals surface area contributed by atoms with Crippen LogP contribution in [-0.4, -0.2) is 47.3 Å². The average Bonchev–Trinajstić information content (AvgIpc) is 2.84. The number of rotatable bonds is 8. The number of nitrogens with one attached hydrogen (secondary N) is 2. The van der Waals surface area contributed by atoms with Gasteiger partial charge in [-0.05, 0) is 17.7 Å². The molecule has 0 bridgehead atoms. The topological polar surface area (TPSA) is 96.5 Å². The number of hydrogen-bond acceptors (Lipinski definition) is 7. The van der Waals surface area contributed by atoms with E-state index < -0.39 is 0 Å². The Morgan fingerprint density at radius 3 is 2.76 bits per heavy atom. The van der Waals surface area contributed by atoms with E-state index in [2.05, 4.69) is 32.3 Å². The van der Waals surface area contributed by atoms with Gasteiger partial charge in [-0.25, -0.2) is 4.98 Å². The highest BCUT2D eigenvalue weighted by Crippen LogP contribution is 2.29. The first-order valence-electron chi connectivity index (χ1n) is 10.6. The summed E-state index contributed by atoms with van der Waals surface area (Å²) in [5, 5.41) is 3.27. The molecule has 172 valence electrons. The second kappa shape index (κ2) is 10.5.